The molecule has 3 nitrogen and oxygen atoms in total. The van der Waals surface area contributed by atoms with Crippen molar-refractivity contribution in [3.05, 3.63) is 84.2 Å². The smallest absolute Gasteiger partial charge is 0.119 e. The lowest BCUT2D eigenvalue weighted by Gasteiger charge is -2.30. The van der Waals surface area contributed by atoms with E-state index in [1.54, 1.807) is 7.11 Å². The van der Waals surface area contributed by atoms with Gasteiger partial charge in [-0.15, -0.1) is 0 Å². The van der Waals surface area contributed by atoms with Crippen molar-refractivity contribution in [1.29, 1.82) is 0 Å². The molecule has 1 aliphatic heterocycles. The normalized spacial score (nSPS) is 15.2. The van der Waals surface area contributed by atoms with Gasteiger partial charge < -0.3 is 14.7 Å². The summed E-state index contributed by atoms with van der Waals surface area (Å²) in [6, 6.07) is 18.1. The Bertz CT molecular complexity index is 707. The van der Waals surface area contributed by atoms with Crippen LogP contribution in [0.25, 0.3) is 5.57 Å². The van der Waals surface area contributed by atoms with Gasteiger partial charge in [-0.3, -0.25) is 0 Å². The highest BCUT2D eigenvalue weighted by molar-refractivity contribution is 5.68. The van der Waals surface area contributed by atoms with E-state index in [1.807, 2.05) is 54.7 Å². The summed E-state index contributed by atoms with van der Waals surface area (Å²) in [4.78, 5) is 2.08. The maximum atomic E-state index is 9.85. The highest BCUT2D eigenvalue weighted by Crippen LogP contribution is 2.30. The van der Waals surface area contributed by atoms with Crippen molar-refractivity contribution >= 4 is 5.57 Å². The van der Waals surface area contributed by atoms with E-state index < -0.39 is 0 Å². The molecular weight excluding hydrogens is 286 g/mol. The van der Waals surface area contributed by atoms with Crippen molar-refractivity contribution in [3.8, 4) is 5.75 Å². The van der Waals surface area contributed by atoms with Crippen LogP contribution >= 0.6 is 0 Å². The summed E-state index contributed by atoms with van der Waals surface area (Å²) >= 11 is 0. The van der Waals surface area contributed by atoms with Crippen molar-refractivity contribution in [1.82, 2.24) is 4.90 Å². The van der Waals surface area contributed by atoms with Crippen LogP contribution in [0.2, 0.25) is 0 Å². The minimum atomic E-state index is -0.0756. The van der Waals surface area contributed by atoms with E-state index in [2.05, 4.69) is 23.2 Å². The molecule has 0 unspecified atom stereocenters. The predicted molar refractivity (Wildman–Crippen MR) is 92.8 cm³/mol. The summed E-state index contributed by atoms with van der Waals surface area (Å²) < 4.78 is 5.31. The van der Waals surface area contributed by atoms with Crippen LogP contribution in [0.15, 0.2) is 73.1 Å². The maximum absolute atomic E-state index is 9.85. The van der Waals surface area contributed by atoms with Gasteiger partial charge in [0.1, 0.15) is 5.75 Å². The fraction of sp³-hybridized carbons (Fsp3) is 0.200. The van der Waals surface area contributed by atoms with Gasteiger partial charge in [-0.05, 0) is 35.3 Å². The SMILES string of the molecule is COc1cccc(C2=CN([C@@H](CO)c3ccccc3)C=CC2)c1. The third-order valence-corrected chi connectivity index (χ3v) is 4.08. The van der Waals surface area contributed by atoms with Crippen LogP contribution in [-0.2, 0) is 0 Å². The molecule has 3 heteroatoms. The summed E-state index contributed by atoms with van der Waals surface area (Å²) in [6.07, 6.45) is 7.15. The first kappa shape index (κ1) is 15.4. The molecule has 0 spiro atoms. The molecule has 0 aromatic heterocycles. The number of benzene rings is 2. The first-order chi connectivity index (χ1) is 11.3. The number of allylic oxidation sites excluding steroid dienone is 2. The Morgan fingerprint density at radius 3 is 2.70 bits per heavy atom. The van der Waals surface area contributed by atoms with E-state index in [-0.39, 0.29) is 12.6 Å². The second-order valence-corrected chi connectivity index (χ2v) is 5.53. The Labute approximate surface area is 137 Å². The average molecular weight is 307 g/mol. The van der Waals surface area contributed by atoms with Crippen molar-refractivity contribution in [2.75, 3.05) is 13.7 Å². The van der Waals surface area contributed by atoms with E-state index in [0.29, 0.717) is 0 Å². The Hall–Kier alpha value is -2.52. The van der Waals surface area contributed by atoms with E-state index in [9.17, 15) is 5.11 Å². The van der Waals surface area contributed by atoms with Crippen molar-refractivity contribution in [2.45, 2.75) is 12.5 Å². The summed E-state index contributed by atoms with van der Waals surface area (Å²) in [5.41, 5.74) is 3.45. The Balaban J connectivity index is 1.89. The number of nitrogens with zero attached hydrogens (tertiary/aromatic N) is 1. The van der Waals surface area contributed by atoms with Crippen LogP contribution < -0.4 is 4.74 Å². The summed E-state index contributed by atoms with van der Waals surface area (Å²) in [7, 11) is 1.68. The number of rotatable bonds is 5. The van der Waals surface area contributed by atoms with Crippen LogP contribution in [0.5, 0.6) is 5.75 Å². The highest BCUT2D eigenvalue weighted by Gasteiger charge is 2.18. The quantitative estimate of drug-likeness (QED) is 0.906. The zero-order chi connectivity index (χ0) is 16.1. The van der Waals surface area contributed by atoms with Gasteiger partial charge >= 0.3 is 0 Å². The average Bonchev–Trinajstić information content (AvgIpc) is 2.64. The van der Waals surface area contributed by atoms with E-state index in [0.717, 1.165) is 23.3 Å². The zero-order valence-electron chi connectivity index (χ0n) is 13.2. The Kier molecular flexibility index (Phi) is 4.79. The van der Waals surface area contributed by atoms with Crippen LogP contribution in [0.4, 0.5) is 0 Å². The summed E-state index contributed by atoms with van der Waals surface area (Å²) in [6.45, 7) is 0.0657. The molecule has 118 valence electrons. The van der Waals surface area contributed by atoms with Crippen molar-refractivity contribution in [2.24, 2.45) is 0 Å². The Morgan fingerprint density at radius 2 is 1.96 bits per heavy atom. The van der Waals surface area contributed by atoms with Crippen LogP contribution in [0, 0.1) is 0 Å². The van der Waals surface area contributed by atoms with Crippen molar-refractivity contribution < 1.29 is 9.84 Å². The van der Waals surface area contributed by atoms with Gasteiger partial charge in [-0.1, -0.05) is 48.5 Å². The van der Waals surface area contributed by atoms with Gasteiger partial charge in [0, 0.05) is 12.4 Å². The van der Waals surface area contributed by atoms with Gasteiger partial charge in [0.15, 0.2) is 0 Å². The van der Waals surface area contributed by atoms with E-state index >= 15 is 0 Å². The lowest BCUT2D eigenvalue weighted by atomic mass is 10.00. The molecule has 0 fully saturated rings. The molecule has 1 heterocycles. The topological polar surface area (TPSA) is 32.7 Å². The molecule has 0 aliphatic carbocycles. The number of hydrogen-bond acceptors (Lipinski definition) is 3. The second-order valence-electron chi connectivity index (χ2n) is 5.53. The first-order valence-electron chi connectivity index (χ1n) is 7.77. The molecule has 0 bridgehead atoms. The van der Waals surface area contributed by atoms with Crippen LogP contribution in [0.3, 0.4) is 0 Å². The molecule has 0 saturated heterocycles. The monoisotopic (exact) mass is 307 g/mol. The molecule has 1 aliphatic rings. The zero-order valence-corrected chi connectivity index (χ0v) is 13.2. The molecule has 3 rings (SSSR count). The fourth-order valence-electron chi connectivity index (χ4n) is 2.83. The number of aliphatic hydroxyl groups is 1. The van der Waals surface area contributed by atoms with Gasteiger partial charge in [0.2, 0.25) is 0 Å². The third kappa shape index (κ3) is 3.46. The van der Waals surface area contributed by atoms with E-state index in [4.69, 9.17) is 4.74 Å². The molecule has 23 heavy (non-hydrogen) atoms. The predicted octanol–water partition coefficient (Wildman–Crippen LogP) is 3.99. The third-order valence-electron chi connectivity index (χ3n) is 4.08. The first-order valence-corrected chi connectivity index (χ1v) is 7.77. The molecule has 0 radical (unpaired) electrons. The summed E-state index contributed by atoms with van der Waals surface area (Å²) in [5.74, 6) is 0.853. The molecule has 0 saturated carbocycles. The molecule has 2 aromatic carbocycles. The largest absolute Gasteiger partial charge is 0.497 e. The second kappa shape index (κ2) is 7.16. The van der Waals surface area contributed by atoms with Crippen LogP contribution in [-0.4, -0.2) is 23.7 Å². The van der Waals surface area contributed by atoms with Gasteiger partial charge in [-0.2, -0.15) is 0 Å². The molecule has 1 atom stereocenters. The standard InChI is InChI=1S/C20H21NO2/c1-23-19-11-5-9-17(13-19)18-10-6-12-21(14-18)20(15-22)16-7-3-2-4-8-16/h2-9,11-14,20,22H,10,15H2,1H3/t20-/m0/s1. The minimum Gasteiger partial charge on any atom is -0.497 e. The van der Waals surface area contributed by atoms with Gasteiger partial charge in [0.05, 0.1) is 19.8 Å². The van der Waals surface area contributed by atoms with Gasteiger partial charge in [-0.25, -0.2) is 0 Å². The fourth-order valence-corrected chi connectivity index (χ4v) is 2.83. The minimum absolute atomic E-state index is 0.0657. The summed E-state index contributed by atoms with van der Waals surface area (Å²) in [5, 5.41) is 9.85. The van der Waals surface area contributed by atoms with Crippen molar-refractivity contribution in [3.63, 3.8) is 0 Å². The number of methoxy groups -OCH3 is 1. The molecular formula is C20H21NO2. The van der Waals surface area contributed by atoms with Gasteiger partial charge in [0.25, 0.3) is 0 Å². The number of hydrogen-bond donors (Lipinski definition) is 1. The molecule has 0 amide bonds. The van der Waals surface area contributed by atoms with E-state index in [1.165, 1.54) is 5.57 Å². The number of aliphatic hydroxyl groups excluding tert-OH is 1. The maximum Gasteiger partial charge on any atom is 0.119 e. The van der Waals surface area contributed by atoms with Crippen LogP contribution in [0.1, 0.15) is 23.6 Å². The lowest BCUT2D eigenvalue weighted by molar-refractivity contribution is 0.197. The molecule has 2 aromatic rings. The lowest BCUT2D eigenvalue weighted by Crippen LogP contribution is -2.23. The Morgan fingerprint density at radius 1 is 1.13 bits per heavy atom. The number of ether oxygens (including phenoxy) is 1. The molecule has 1 N–H and O–H groups in total. The highest BCUT2D eigenvalue weighted by atomic mass is 16.5.